The van der Waals surface area contributed by atoms with Crippen LogP contribution in [0.5, 0.6) is 0 Å². The van der Waals surface area contributed by atoms with Gasteiger partial charge in [0.1, 0.15) is 5.78 Å². The highest BCUT2D eigenvalue weighted by Gasteiger charge is 2.66. The van der Waals surface area contributed by atoms with Crippen molar-refractivity contribution in [2.24, 2.45) is 40.4 Å². The number of fused-ring (bicyclic) bond motifs is 5. The van der Waals surface area contributed by atoms with E-state index in [1.165, 1.54) is 0 Å². The smallest absolute Gasteiger partial charge is 0.139 e. The van der Waals surface area contributed by atoms with Crippen molar-refractivity contribution in [2.75, 3.05) is 0 Å². The Morgan fingerprint density at radius 2 is 1.80 bits per heavy atom. The zero-order chi connectivity index (χ0) is 18.1. The van der Waals surface area contributed by atoms with E-state index in [0.29, 0.717) is 30.6 Å². The lowest BCUT2D eigenvalue weighted by molar-refractivity contribution is -0.163. The van der Waals surface area contributed by atoms with Crippen LogP contribution < -0.4 is 0 Å². The highest BCUT2D eigenvalue weighted by molar-refractivity contribution is 5.87. The average molecular weight is 350 g/mol. The zero-order valence-electron chi connectivity index (χ0n) is 15.8. The second-order valence-corrected chi connectivity index (χ2v) is 10.1. The van der Waals surface area contributed by atoms with E-state index in [4.69, 9.17) is 0 Å². The Bertz CT molecular complexity index is 560. The molecule has 0 radical (unpaired) electrons. The average Bonchev–Trinajstić information content (AvgIpc) is 2.81. The van der Waals surface area contributed by atoms with Gasteiger partial charge in [-0.3, -0.25) is 4.79 Å². The van der Waals surface area contributed by atoms with Gasteiger partial charge >= 0.3 is 0 Å². The second-order valence-electron chi connectivity index (χ2n) is 10.1. The Kier molecular flexibility index (Phi) is 4.14. The normalized spacial score (nSPS) is 56.7. The van der Waals surface area contributed by atoms with E-state index in [1.807, 2.05) is 6.92 Å². The summed E-state index contributed by atoms with van der Waals surface area (Å²) in [5.41, 5.74) is -0.431. The SMILES string of the molecule is CC(O)C1[C@@H](O)CC2C3CC[C@H]4CC(O)CC[C@]4(C)C3CC(=O)[C@@]21C. The lowest BCUT2D eigenvalue weighted by Crippen LogP contribution is -2.58. The van der Waals surface area contributed by atoms with Gasteiger partial charge in [0.2, 0.25) is 0 Å². The van der Waals surface area contributed by atoms with Gasteiger partial charge in [0, 0.05) is 17.8 Å². The summed E-state index contributed by atoms with van der Waals surface area (Å²) in [5, 5.41) is 31.0. The molecule has 4 aliphatic rings. The fraction of sp³-hybridized carbons (Fsp3) is 0.952. The summed E-state index contributed by atoms with van der Waals surface area (Å²) in [6, 6.07) is 0. The van der Waals surface area contributed by atoms with Gasteiger partial charge in [-0.1, -0.05) is 13.8 Å². The molecule has 4 nitrogen and oxygen atoms in total. The van der Waals surface area contributed by atoms with Crippen LogP contribution in [0.4, 0.5) is 0 Å². The highest BCUT2D eigenvalue weighted by atomic mass is 16.3. The van der Waals surface area contributed by atoms with Crippen molar-refractivity contribution >= 4 is 5.78 Å². The van der Waals surface area contributed by atoms with Crippen LogP contribution in [0.15, 0.2) is 0 Å². The van der Waals surface area contributed by atoms with Gasteiger partial charge in [-0.05, 0) is 74.5 Å². The maximum Gasteiger partial charge on any atom is 0.139 e. The van der Waals surface area contributed by atoms with Gasteiger partial charge in [0.05, 0.1) is 18.3 Å². The quantitative estimate of drug-likeness (QED) is 0.679. The molecule has 6 unspecified atom stereocenters. The number of Topliss-reactive ketones (excluding diaryl/α,β-unsaturated/α-hetero) is 1. The number of ketones is 1. The van der Waals surface area contributed by atoms with Gasteiger partial charge in [-0.15, -0.1) is 0 Å². The monoisotopic (exact) mass is 350 g/mol. The van der Waals surface area contributed by atoms with Crippen LogP contribution in [-0.4, -0.2) is 39.4 Å². The summed E-state index contributed by atoms with van der Waals surface area (Å²) in [7, 11) is 0. The first-order chi connectivity index (χ1) is 11.7. The van der Waals surface area contributed by atoms with E-state index in [1.54, 1.807) is 6.92 Å². The third kappa shape index (κ3) is 2.33. The zero-order valence-corrected chi connectivity index (χ0v) is 15.8. The molecule has 142 valence electrons. The molecule has 3 N–H and O–H groups in total. The van der Waals surface area contributed by atoms with Crippen molar-refractivity contribution in [1.29, 1.82) is 0 Å². The molecular formula is C21H34O4. The predicted molar refractivity (Wildman–Crippen MR) is 94.7 cm³/mol. The molecule has 0 amide bonds. The molecule has 4 rings (SSSR count). The molecule has 4 aliphatic carbocycles. The first-order valence-electron chi connectivity index (χ1n) is 10.3. The third-order valence-corrected chi connectivity index (χ3v) is 9.13. The molecule has 4 saturated carbocycles. The predicted octanol–water partition coefficient (Wildman–Crippen LogP) is 2.54. The van der Waals surface area contributed by atoms with E-state index in [0.717, 1.165) is 32.1 Å². The summed E-state index contributed by atoms with van der Waals surface area (Å²) in [6.45, 7) is 6.10. The number of carbonyl (C=O) groups is 1. The van der Waals surface area contributed by atoms with Crippen molar-refractivity contribution in [1.82, 2.24) is 0 Å². The lowest BCUT2D eigenvalue weighted by Gasteiger charge is -2.60. The summed E-state index contributed by atoms with van der Waals surface area (Å²) >= 11 is 0. The van der Waals surface area contributed by atoms with Crippen LogP contribution in [0, 0.1) is 40.4 Å². The largest absolute Gasteiger partial charge is 0.393 e. The Balaban J connectivity index is 1.69. The topological polar surface area (TPSA) is 77.8 Å². The van der Waals surface area contributed by atoms with E-state index in [2.05, 4.69) is 6.92 Å². The maximum absolute atomic E-state index is 13.3. The van der Waals surface area contributed by atoms with Gasteiger partial charge in [-0.25, -0.2) is 0 Å². The van der Waals surface area contributed by atoms with Gasteiger partial charge in [0.15, 0.2) is 0 Å². The van der Waals surface area contributed by atoms with Crippen molar-refractivity contribution in [3.05, 3.63) is 0 Å². The standard InChI is InChI=1S/C21H34O4/c1-11(22)19-17(24)9-16-14-5-4-12-8-13(23)6-7-20(12,2)15(14)10-18(25)21(16,19)3/h11-17,19,22-24H,4-10H2,1-3H3/t11?,12-,13?,14?,15?,16?,17-,19?,20-,21+/m0/s1. The first kappa shape index (κ1) is 17.9. The van der Waals surface area contributed by atoms with Crippen LogP contribution in [0.25, 0.3) is 0 Å². The number of hydrogen-bond acceptors (Lipinski definition) is 4. The molecule has 0 aromatic carbocycles. The minimum atomic E-state index is -0.651. The lowest BCUT2D eigenvalue weighted by atomic mass is 9.44. The molecule has 25 heavy (non-hydrogen) atoms. The Morgan fingerprint density at radius 1 is 1.08 bits per heavy atom. The number of aliphatic hydroxyl groups is 3. The van der Waals surface area contributed by atoms with Crippen LogP contribution in [0.3, 0.4) is 0 Å². The molecule has 4 heteroatoms. The Hall–Kier alpha value is -0.450. The third-order valence-electron chi connectivity index (χ3n) is 9.13. The molecule has 0 aliphatic heterocycles. The molecule has 0 aromatic rings. The van der Waals surface area contributed by atoms with Crippen molar-refractivity contribution in [3.63, 3.8) is 0 Å². The van der Waals surface area contributed by atoms with Crippen LogP contribution in [0.2, 0.25) is 0 Å². The van der Waals surface area contributed by atoms with Crippen LogP contribution >= 0.6 is 0 Å². The number of hydrogen-bond donors (Lipinski definition) is 3. The van der Waals surface area contributed by atoms with Crippen molar-refractivity contribution in [3.8, 4) is 0 Å². The minimum absolute atomic E-state index is 0.146. The fourth-order valence-corrected chi connectivity index (χ4v) is 7.84. The second kappa shape index (κ2) is 5.77. The Labute approximate surface area is 151 Å². The molecule has 0 heterocycles. The van der Waals surface area contributed by atoms with Gasteiger partial charge < -0.3 is 15.3 Å². The summed E-state index contributed by atoms with van der Waals surface area (Å²) < 4.78 is 0. The van der Waals surface area contributed by atoms with E-state index < -0.39 is 17.6 Å². The van der Waals surface area contributed by atoms with Gasteiger partial charge in [0.25, 0.3) is 0 Å². The van der Waals surface area contributed by atoms with Crippen molar-refractivity contribution in [2.45, 2.75) is 84.0 Å². The summed E-state index contributed by atoms with van der Waals surface area (Å²) in [5.74, 6) is 1.49. The number of rotatable bonds is 1. The molecule has 0 bridgehead atoms. The fourth-order valence-electron chi connectivity index (χ4n) is 7.84. The summed E-state index contributed by atoms with van der Waals surface area (Å²) in [4.78, 5) is 13.3. The summed E-state index contributed by atoms with van der Waals surface area (Å²) in [6.07, 6.45) is 4.83. The molecule has 0 spiro atoms. The molecule has 10 atom stereocenters. The molecule has 0 saturated heterocycles. The molecular weight excluding hydrogens is 316 g/mol. The van der Waals surface area contributed by atoms with Gasteiger partial charge in [-0.2, -0.15) is 0 Å². The van der Waals surface area contributed by atoms with E-state index >= 15 is 0 Å². The highest BCUT2D eigenvalue weighted by Crippen LogP contribution is 2.66. The van der Waals surface area contributed by atoms with Crippen molar-refractivity contribution < 1.29 is 20.1 Å². The Morgan fingerprint density at radius 3 is 2.48 bits per heavy atom. The van der Waals surface area contributed by atoms with E-state index in [-0.39, 0.29) is 29.1 Å². The molecule has 4 fully saturated rings. The number of carbonyl (C=O) groups excluding carboxylic acids is 1. The van der Waals surface area contributed by atoms with Crippen LogP contribution in [-0.2, 0) is 4.79 Å². The molecule has 0 aromatic heterocycles. The van der Waals surface area contributed by atoms with Crippen LogP contribution in [0.1, 0.15) is 65.7 Å². The maximum atomic E-state index is 13.3. The minimum Gasteiger partial charge on any atom is -0.393 e. The first-order valence-corrected chi connectivity index (χ1v) is 10.3. The number of aliphatic hydroxyl groups excluding tert-OH is 3. The van der Waals surface area contributed by atoms with E-state index in [9.17, 15) is 20.1 Å².